The molecule has 1 atom stereocenters. The number of benzene rings is 1. The van der Waals surface area contributed by atoms with Crippen molar-refractivity contribution in [3.63, 3.8) is 0 Å². The van der Waals surface area contributed by atoms with Crippen molar-refractivity contribution in [1.29, 1.82) is 0 Å². The summed E-state index contributed by atoms with van der Waals surface area (Å²) in [7, 11) is -1.78. The van der Waals surface area contributed by atoms with Crippen molar-refractivity contribution in [2.24, 2.45) is 0 Å². The van der Waals surface area contributed by atoms with Crippen LogP contribution in [0.4, 0.5) is 5.82 Å². The molecule has 0 saturated heterocycles. The summed E-state index contributed by atoms with van der Waals surface area (Å²) < 4.78 is 13.6. The molecule has 2 rings (SSSR count). The Labute approximate surface area is 156 Å². The maximum atomic E-state index is 11.9. The summed E-state index contributed by atoms with van der Waals surface area (Å²) >= 11 is 0. The molecule has 2 aromatic rings. The number of aromatic nitrogens is 2. The fraction of sp³-hybridized carbons (Fsp3) is 0.474. The van der Waals surface area contributed by atoms with E-state index in [1.807, 2.05) is 31.2 Å². The Morgan fingerprint density at radius 2 is 1.81 bits per heavy atom. The van der Waals surface area contributed by atoms with Crippen LogP contribution in [0.2, 0.25) is 18.1 Å². The van der Waals surface area contributed by atoms with E-state index in [9.17, 15) is 4.79 Å². The first kappa shape index (κ1) is 20.2. The van der Waals surface area contributed by atoms with Crippen molar-refractivity contribution >= 4 is 14.1 Å². The molecule has 0 bridgehead atoms. The van der Waals surface area contributed by atoms with Gasteiger partial charge in [0, 0.05) is 6.20 Å². The fourth-order valence-corrected chi connectivity index (χ4v) is 3.19. The highest BCUT2D eigenvalue weighted by atomic mass is 28.4. The maximum Gasteiger partial charge on any atom is 0.354 e. The molecule has 0 radical (unpaired) electrons. The third kappa shape index (κ3) is 4.95. The average molecular weight is 376 g/mol. The molecule has 0 spiro atoms. The minimum atomic E-state index is -1.78. The van der Waals surface area contributed by atoms with Crippen LogP contribution in [0.15, 0.2) is 41.3 Å². The molecule has 7 heteroatoms. The van der Waals surface area contributed by atoms with E-state index in [4.69, 9.17) is 14.9 Å². The molecule has 1 aromatic carbocycles. The van der Waals surface area contributed by atoms with Gasteiger partial charge in [-0.1, -0.05) is 20.8 Å². The van der Waals surface area contributed by atoms with Gasteiger partial charge in [-0.05, 0) is 55.4 Å². The number of hydrogen-bond acceptors (Lipinski definition) is 5. The molecule has 2 N–H and O–H groups in total. The lowest BCUT2D eigenvalue weighted by Crippen LogP contribution is -2.43. The summed E-state index contributed by atoms with van der Waals surface area (Å²) in [5.41, 5.74) is 5.82. The SMILES string of the molecule is CC(CO[Si](C)(C)C(C)(C)C)Oc1ccc(-n2ccc(N)nc2=O)cc1. The second kappa shape index (κ2) is 7.63. The molecule has 26 heavy (non-hydrogen) atoms. The second-order valence-corrected chi connectivity index (χ2v) is 12.8. The minimum absolute atomic E-state index is 0.0594. The number of nitrogens with two attached hydrogens (primary N) is 1. The van der Waals surface area contributed by atoms with Crippen molar-refractivity contribution < 1.29 is 9.16 Å². The molecule has 0 fully saturated rings. The summed E-state index contributed by atoms with van der Waals surface area (Å²) in [6.45, 7) is 13.7. The van der Waals surface area contributed by atoms with Crippen LogP contribution in [0.5, 0.6) is 5.75 Å². The predicted molar refractivity (Wildman–Crippen MR) is 107 cm³/mol. The predicted octanol–water partition coefficient (Wildman–Crippen LogP) is 3.60. The van der Waals surface area contributed by atoms with Gasteiger partial charge in [0.1, 0.15) is 17.7 Å². The summed E-state index contributed by atoms with van der Waals surface area (Å²) in [4.78, 5) is 15.6. The minimum Gasteiger partial charge on any atom is -0.488 e. The highest BCUT2D eigenvalue weighted by Gasteiger charge is 2.37. The highest BCUT2D eigenvalue weighted by molar-refractivity contribution is 6.74. The lowest BCUT2D eigenvalue weighted by molar-refractivity contribution is 0.134. The zero-order chi connectivity index (χ0) is 19.5. The molecule has 1 unspecified atom stereocenters. The van der Waals surface area contributed by atoms with Crippen LogP contribution in [0.3, 0.4) is 0 Å². The monoisotopic (exact) mass is 375 g/mol. The number of ether oxygens (including phenoxy) is 1. The molecule has 6 nitrogen and oxygen atoms in total. The Kier molecular flexibility index (Phi) is 5.93. The van der Waals surface area contributed by atoms with Gasteiger partial charge in [0.2, 0.25) is 0 Å². The van der Waals surface area contributed by atoms with Crippen LogP contribution in [0.25, 0.3) is 5.69 Å². The average Bonchev–Trinajstić information content (AvgIpc) is 2.53. The van der Waals surface area contributed by atoms with E-state index in [1.165, 1.54) is 4.57 Å². The highest BCUT2D eigenvalue weighted by Crippen LogP contribution is 2.36. The van der Waals surface area contributed by atoms with Crippen LogP contribution < -0.4 is 16.2 Å². The van der Waals surface area contributed by atoms with Gasteiger partial charge in [-0.2, -0.15) is 4.98 Å². The zero-order valence-electron chi connectivity index (χ0n) is 16.4. The van der Waals surface area contributed by atoms with Crippen molar-refractivity contribution in [2.75, 3.05) is 12.3 Å². The van der Waals surface area contributed by atoms with Gasteiger partial charge >= 0.3 is 5.69 Å². The number of nitrogens with zero attached hydrogens (tertiary/aromatic N) is 2. The summed E-state index contributed by atoms with van der Waals surface area (Å²) in [6, 6.07) is 8.89. The van der Waals surface area contributed by atoms with Gasteiger partial charge in [0.05, 0.1) is 12.3 Å². The van der Waals surface area contributed by atoms with Crippen LogP contribution in [0.1, 0.15) is 27.7 Å². The van der Waals surface area contributed by atoms with E-state index in [0.717, 1.165) is 5.75 Å². The summed E-state index contributed by atoms with van der Waals surface area (Å²) in [5, 5.41) is 0.175. The first-order valence-electron chi connectivity index (χ1n) is 8.76. The van der Waals surface area contributed by atoms with E-state index in [-0.39, 0.29) is 17.0 Å². The molecule has 0 saturated carbocycles. The van der Waals surface area contributed by atoms with Crippen LogP contribution >= 0.6 is 0 Å². The van der Waals surface area contributed by atoms with Crippen molar-refractivity contribution in [2.45, 2.75) is 51.9 Å². The molecule has 0 amide bonds. The third-order valence-corrected chi connectivity index (χ3v) is 9.26. The normalized spacial score (nSPS) is 13.5. The van der Waals surface area contributed by atoms with Crippen LogP contribution in [0, 0.1) is 0 Å². The lowest BCUT2D eigenvalue weighted by Gasteiger charge is -2.36. The zero-order valence-corrected chi connectivity index (χ0v) is 17.4. The van der Waals surface area contributed by atoms with Gasteiger partial charge in [0.15, 0.2) is 8.32 Å². The Morgan fingerprint density at radius 3 is 2.35 bits per heavy atom. The Bertz CT molecular complexity index is 795. The first-order valence-corrected chi connectivity index (χ1v) is 11.7. The van der Waals surface area contributed by atoms with Gasteiger partial charge < -0.3 is 14.9 Å². The van der Waals surface area contributed by atoms with Crippen LogP contribution in [-0.2, 0) is 4.43 Å². The molecular formula is C19H29N3O3Si. The number of rotatable bonds is 6. The lowest BCUT2D eigenvalue weighted by atomic mass is 10.2. The van der Waals surface area contributed by atoms with Crippen molar-refractivity contribution in [1.82, 2.24) is 9.55 Å². The van der Waals surface area contributed by atoms with Gasteiger partial charge in [-0.3, -0.25) is 4.57 Å². The topological polar surface area (TPSA) is 79.4 Å². The van der Waals surface area contributed by atoms with E-state index < -0.39 is 14.0 Å². The maximum absolute atomic E-state index is 11.9. The summed E-state index contributed by atoms with van der Waals surface area (Å²) in [6.07, 6.45) is 1.55. The Morgan fingerprint density at radius 1 is 1.19 bits per heavy atom. The van der Waals surface area contributed by atoms with Crippen molar-refractivity contribution in [3.8, 4) is 11.4 Å². The van der Waals surface area contributed by atoms with E-state index in [2.05, 4.69) is 38.8 Å². The van der Waals surface area contributed by atoms with Gasteiger partial charge in [0.25, 0.3) is 0 Å². The second-order valence-electron chi connectivity index (χ2n) is 8.00. The van der Waals surface area contributed by atoms with E-state index >= 15 is 0 Å². The molecule has 142 valence electrons. The van der Waals surface area contributed by atoms with E-state index in [1.54, 1.807) is 12.3 Å². The summed E-state index contributed by atoms with van der Waals surface area (Å²) in [5.74, 6) is 0.943. The number of hydrogen-bond donors (Lipinski definition) is 1. The van der Waals surface area contributed by atoms with E-state index in [0.29, 0.717) is 12.3 Å². The Balaban J connectivity index is 2.00. The van der Waals surface area contributed by atoms with Crippen LogP contribution in [-0.4, -0.2) is 30.6 Å². The fourth-order valence-electron chi connectivity index (χ4n) is 2.11. The molecular weight excluding hydrogens is 346 g/mol. The smallest absolute Gasteiger partial charge is 0.354 e. The van der Waals surface area contributed by atoms with Crippen molar-refractivity contribution in [3.05, 3.63) is 47.0 Å². The van der Waals surface area contributed by atoms with Gasteiger partial charge in [-0.25, -0.2) is 4.79 Å². The number of anilines is 1. The Hall–Kier alpha value is -2.12. The largest absolute Gasteiger partial charge is 0.488 e. The third-order valence-electron chi connectivity index (χ3n) is 4.76. The molecule has 0 aliphatic heterocycles. The molecule has 1 heterocycles. The first-order chi connectivity index (χ1) is 12.0. The standard InChI is InChI=1S/C19H29N3O3Si/c1-14(13-24-26(5,6)19(2,3)4)25-16-9-7-15(8-10-16)22-12-11-17(20)21-18(22)23/h7-12,14H,13H2,1-6H3,(H2,20,21,23). The molecule has 0 aliphatic rings. The molecule has 1 aromatic heterocycles. The molecule has 0 aliphatic carbocycles. The number of nitrogen functional groups attached to an aromatic ring is 1. The van der Waals surface area contributed by atoms with Gasteiger partial charge in [-0.15, -0.1) is 0 Å². The quantitative estimate of drug-likeness (QED) is 0.780.